The molecule has 1 aromatic carbocycles. The Morgan fingerprint density at radius 2 is 2.00 bits per heavy atom. The van der Waals surface area contributed by atoms with Gasteiger partial charge in [0.2, 0.25) is 0 Å². The van der Waals surface area contributed by atoms with E-state index in [0.717, 1.165) is 13.0 Å². The van der Waals surface area contributed by atoms with Gasteiger partial charge in [-0.05, 0) is 51.5 Å². The Balaban J connectivity index is 1.61. The Morgan fingerprint density at radius 3 is 2.78 bits per heavy atom. The van der Waals surface area contributed by atoms with E-state index in [0.29, 0.717) is 35.9 Å². The minimum absolute atomic E-state index is 0.0116. The van der Waals surface area contributed by atoms with Crippen LogP contribution >= 0.6 is 11.6 Å². The molecule has 1 N–H and O–H groups in total. The molecule has 4 rings (SSSR count). The molecule has 1 aliphatic rings. The van der Waals surface area contributed by atoms with Gasteiger partial charge in [0, 0.05) is 13.1 Å². The molecule has 8 nitrogen and oxygen atoms in total. The van der Waals surface area contributed by atoms with Crippen LogP contribution in [-0.2, 0) is 4.74 Å². The molecule has 1 fully saturated rings. The first-order valence-electron chi connectivity index (χ1n) is 10.3. The van der Waals surface area contributed by atoms with Gasteiger partial charge < -0.3 is 15.0 Å². The Morgan fingerprint density at radius 1 is 1.19 bits per heavy atom. The van der Waals surface area contributed by atoms with Crippen LogP contribution in [0.2, 0.25) is 5.02 Å². The highest BCUT2D eigenvalue weighted by Gasteiger charge is 2.27. The fourth-order valence-corrected chi connectivity index (χ4v) is 3.56. The van der Waals surface area contributed by atoms with Gasteiger partial charge in [-0.1, -0.05) is 17.7 Å². The number of carbonyl (C=O) groups excluding carboxylic acids is 1. The van der Waals surface area contributed by atoms with Crippen LogP contribution in [0.15, 0.2) is 36.7 Å². The fourth-order valence-electron chi connectivity index (χ4n) is 3.39. The van der Waals surface area contributed by atoms with Crippen LogP contribution in [0.5, 0.6) is 0 Å². The number of carbonyl (C=O) groups is 1. The average Bonchev–Trinajstić information content (AvgIpc) is 2.76. The highest BCUT2D eigenvalue weighted by atomic mass is 35.5. The van der Waals surface area contributed by atoms with E-state index in [1.807, 2.05) is 37.8 Å². The molecule has 3 heterocycles. The van der Waals surface area contributed by atoms with Crippen molar-refractivity contribution in [2.24, 2.45) is 0 Å². The van der Waals surface area contributed by atoms with Crippen LogP contribution < -0.4 is 10.2 Å². The Hall–Kier alpha value is -3.20. The second-order valence-corrected chi connectivity index (χ2v) is 8.90. The lowest BCUT2D eigenvalue weighted by Gasteiger charge is -2.37. The molecule has 2 aromatic heterocycles. The maximum atomic E-state index is 14.4. The molecular formula is C22H24ClFN6O2. The predicted molar refractivity (Wildman–Crippen MR) is 122 cm³/mol. The van der Waals surface area contributed by atoms with Gasteiger partial charge >= 0.3 is 6.09 Å². The predicted octanol–water partition coefficient (Wildman–Crippen LogP) is 4.97. The van der Waals surface area contributed by atoms with Crippen molar-refractivity contribution in [1.29, 1.82) is 0 Å². The second-order valence-electron chi connectivity index (χ2n) is 8.49. The number of fused-ring (bicyclic) bond motifs is 1. The van der Waals surface area contributed by atoms with Gasteiger partial charge in [-0.2, -0.15) is 0 Å². The number of aromatic nitrogens is 3. The lowest BCUT2D eigenvalue weighted by Crippen LogP contribution is -2.49. The van der Waals surface area contributed by atoms with Crippen LogP contribution in [0.25, 0.3) is 11.0 Å². The molecule has 32 heavy (non-hydrogen) atoms. The lowest BCUT2D eigenvalue weighted by molar-refractivity contribution is 0.0225. The molecule has 3 aromatic rings. The maximum Gasteiger partial charge on any atom is 0.411 e. The Bertz CT molecular complexity index is 1150. The Kier molecular flexibility index (Phi) is 6.01. The van der Waals surface area contributed by atoms with Crippen molar-refractivity contribution >= 4 is 46.1 Å². The van der Waals surface area contributed by atoms with Crippen LogP contribution in [0.4, 0.5) is 26.5 Å². The van der Waals surface area contributed by atoms with Crippen LogP contribution in [0.1, 0.15) is 27.2 Å². The molecular weight excluding hydrogens is 435 g/mol. The zero-order valence-corrected chi connectivity index (χ0v) is 18.9. The summed E-state index contributed by atoms with van der Waals surface area (Å²) in [6.07, 6.45) is 1.81. The first kappa shape index (κ1) is 22.0. The van der Waals surface area contributed by atoms with Crippen molar-refractivity contribution in [2.75, 3.05) is 30.0 Å². The van der Waals surface area contributed by atoms with Crippen molar-refractivity contribution in [3.63, 3.8) is 0 Å². The van der Waals surface area contributed by atoms with E-state index in [-0.39, 0.29) is 16.8 Å². The van der Waals surface area contributed by atoms with E-state index in [2.05, 4.69) is 15.3 Å². The third-order valence-electron chi connectivity index (χ3n) is 4.85. The highest BCUT2D eigenvalue weighted by Crippen LogP contribution is 2.28. The number of hydrogen-bond donors (Lipinski definition) is 1. The van der Waals surface area contributed by atoms with Gasteiger partial charge in [-0.3, -0.25) is 4.90 Å². The van der Waals surface area contributed by atoms with Crippen LogP contribution in [0, 0.1) is 5.82 Å². The number of anilines is 3. The number of rotatable bonds is 3. The number of ether oxygens (including phenoxy) is 1. The topological polar surface area (TPSA) is 83.5 Å². The molecule has 1 aliphatic heterocycles. The summed E-state index contributed by atoms with van der Waals surface area (Å²) in [6, 6.07) is 8.36. The van der Waals surface area contributed by atoms with E-state index in [1.54, 1.807) is 17.0 Å². The Labute approximate surface area is 190 Å². The fraction of sp³-hybridized carbons (Fsp3) is 0.364. The van der Waals surface area contributed by atoms with Gasteiger partial charge in [-0.15, -0.1) is 0 Å². The number of benzene rings is 1. The summed E-state index contributed by atoms with van der Waals surface area (Å²) in [5.41, 5.74) is 0.723. The quantitative estimate of drug-likeness (QED) is 0.593. The molecule has 0 aliphatic carbocycles. The van der Waals surface area contributed by atoms with Gasteiger partial charge in [0.25, 0.3) is 0 Å². The minimum Gasteiger partial charge on any atom is -0.444 e. The van der Waals surface area contributed by atoms with Crippen molar-refractivity contribution in [2.45, 2.75) is 32.8 Å². The van der Waals surface area contributed by atoms with Crippen molar-refractivity contribution in [3.8, 4) is 0 Å². The third-order valence-corrected chi connectivity index (χ3v) is 5.14. The number of hydrogen-bond acceptors (Lipinski definition) is 7. The van der Waals surface area contributed by atoms with Crippen molar-refractivity contribution in [3.05, 3.63) is 47.5 Å². The number of amides is 1. The van der Waals surface area contributed by atoms with Gasteiger partial charge in [-0.25, -0.2) is 24.1 Å². The second kappa shape index (κ2) is 8.74. The van der Waals surface area contributed by atoms with Gasteiger partial charge in [0.1, 0.15) is 23.3 Å². The number of pyridine rings is 1. The summed E-state index contributed by atoms with van der Waals surface area (Å²) >= 11 is 5.89. The summed E-state index contributed by atoms with van der Waals surface area (Å²) in [5.74, 6) is 0.454. The molecule has 10 heteroatoms. The largest absolute Gasteiger partial charge is 0.444 e. The zero-order chi connectivity index (χ0) is 22.9. The molecule has 1 saturated heterocycles. The highest BCUT2D eigenvalue weighted by molar-refractivity contribution is 6.31. The molecule has 0 saturated carbocycles. The van der Waals surface area contributed by atoms with E-state index in [1.165, 1.54) is 12.4 Å². The summed E-state index contributed by atoms with van der Waals surface area (Å²) in [7, 11) is 0. The number of nitrogens with one attached hydrogen (secondary N) is 1. The summed E-state index contributed by atoms with van der Waals surface area (Å²) in [4.78, 5) is 29.4. The van der Waals surface area contributed by atoms with E-state index in [4.69, 9.17) is 21.3 Å². The minimum atomic E-state index is -0.568. The lowest BCUT2D eigenvalue weighted by atomic mass is 10.2. The van der Waals surface area contributed by atoms with Crippen molar-refractivity contribution < 1.29 is 13.9 Å². The molecule has 0 atom stereocenters. The van der Waals surface area contributed by atoms with Gasteiger partial charge in [0.05, 0.1) is 22.9 Å². The average molecular weight is 459 g/mol. The smallest absolute Gasteiger partial charge is 0.411 e. The number of nitrogens with zero attached hydrogens (tertiary/aromatic N) is 5. The first-order chi connectivity index (χ1) is 15.2. The molecule has 1 amide bonds. The summed E-state index contributed by atoms with van der Waals surface area (Å²) in [6.45, 7) is 7.23. The molecule has 0 radical (unpaired) electrons. The molecule has 0 unspecified atom stereocenters. The number of halogens is 2. The molecule has 0 bridgehead atoms. The third kappa shape index (κ3) is 4.83. The molecule has 0 spiro atoms. The van der Waals surface area contributed by atoms with E-state index in [9.17, 15) is 9.18 Å². The SMILES string of the molecule is CC(C)(C)OC(=O)N1CCCN(c2ccc3ncnc(Nc4cccc(Cl)c4F)c3n2)C1. The molecule has 168 valence electrons. The van der Waals surface area contributed by atoms with E-state index < -0.39 is 11.4 Å². The van der Waals surface area contributed by atoms with Gasteiger partial charge in [0.15, 0.2) is 11.6 Å². The zero-order valence-electron chi connectivity index (χ0n) is 18.1. The van der Waals surface area contributed by atoms with Crippen molar-refractivity contribution in [1.82, 2.24) is 19.9 Å². The van der Waals surface area contributed by atoms with Crippen LogP contribution in [0.3, 0.4) is 0 Å². The monoisotopic (exact) mass is 458 g/mol. The summed E-state index contributed by atoms with van der Waals surface area (Å²) < 4.78 is 19.9. The maximum absolute atomic E-state index is 14.4. The van der Waals surface area contributed by atoms with E-state index >= 15 is 0 Å². The normalized spacial score (nSPS) is 14.5. The van der Waals surface area contributed by atoms with Crippen LogP contribution in [-0.4, -0.2) is 51.3 Å². The standard InChI is InChI=1S/C22H24ClFN6O2/c1-22(2,3)32-21(31)30-11-5-10-29(13-30)17-9-8-16-19(28-17)20(26-12-25-16)27-15-7-4-6-14(23)18(15)24/h4,6-9,12H,5,10-11,13H2,1-3H3,(H,25,26,27). The summed E-state index contributed by atoms with van der Waals surface area (Å²) in [5, 5.41) is 2.97. The first-order valence-corrected chi connectivity index (χ1v) is 10.6.